The number of benzene rings is 3. The lowest BCUT2D eigenvalue weighted by atomic mass is 9.80. The fourth-order valence-corrected chi connectivity index (χ4v) is 5.90. The van der Waals surface area contributed by atoms with E-state index in [0.717, 1.165) is 16.7 Å². The first-order valence-electron chi connectivity index (χ1n) is 12.1. The van der Waals surface area contributed by atoms with E-state index in [0.29, 0.717) is 0 Å². The van der Waals surface area contributed by atoms with E-state index >= 15 is 0 Å². The smallest absolute Gasteiger partial charge is 0.356 e. The molecule has 3 aromatic rings. The molecular weight excluding hydrogens is 459 g/mol. The largest absolute Gasteiger partial charge is 0.363 e. The van der Waals surface area contributed by atoms with Crippen molar-refractivity contribution < 1.29 is 23.1 Å². The molecule has 0 heterocycles. The highest BCUT2D eigenvalue weighted by Gasteiger charge is 2.38. The van der Waals surface area contributed by atoms with Crippen LogP contribution < -0.4 is 0 Å². The van der Waals surface area contributed by atoms with Crippen molar-refractivity contribution in [1.82, 2.24) is 0 Å². The van der Waals surface area contributed by atoms with E-state index in [1.165, 1.54) is 0 Å². The molecule has 188 valence electrons. The molecule has 0 fully saturated rings. The monoisotopic (exact) mass is 496 g/mol. The molecule has 0 spiro atoms. The van der Waals surface area contributed by atoms with Crippen LogP contribution in [0, 0.1) is 0 Å². The molecule has 0 radical (unpaired) electrons. The molecule has 1 atom stereocenters. The van der Waals surface area contributed by atoms with E-state index < -0.39 is 13.2 Å². The van der Waals surface area contributed by atoms with Gasteiger partial charge in [0, 0.05) is 0 Å². The van der Waals surface area contributed by atoms with E-state index in [2.05, 4.69) is 36.4 Å². The van der Waals surface area contributed by atoms with Gasteiger partial charge in [-0.2, -0.15) is 0 Å². The average molecular weight is 497 g/mol. The number of ether oxygens (including phenoxy) is 2. The molecule has 0 saturated heterocycles. The van der Waals surface area contributed by atoms with Gasteiger partial charge in [0.25, 0.3) is 0 Å². The Hall–Kier alpha value is -2.27. The molecule has 0 saturated carbocycles. The molecular formula is C29H37O5P. The van der Waals surface area contributed by atoms with Crippen molar-refractivity contribution in [2.75, 3.05) is 13.0 Å². The minimum Gasteiger partial charge on any atom is -0.363 e. The van der Waals surface area contributed by atoms with Crippen LogP contribution in [0.25, 0.3) is 0 Å². The molecule has 0 aliphatic heterocycles. The zero-order chi connectivity index (χ0) is 25.3. The number of rotatable bonds is 13. The summed E-state index contributed by atoms with van der Waals surface area (Å²) < 4.78 is 37.2. The Labute approximate surface area is 209 Å². The van der Waals surface area contributed by atoms with Gasteiger partial charge >= 0.3 is 7.60 Å². The molecule has 0 N–H and O–H groups in total. The molecule has 6 heteroatoms. The minimum atomic E-state index is -3.40. The fraction of sp³-hybridized carbons (Fsp3) is 0.379. The van der Waals surface area contributed by atoms with E-state index in [4.69, 9.17) is 18.5 Å². The molecule has 0 aliphatic carbocycles. The molecule has 5 nitrogen and oxygen atoms in total. The molecule has 3 rings (SSSR count). The van der Waals surface area contributed by atoms with Gasteiger partial charge in [-0.05, 0) is 51.3 Å². The van der Waals surface area contributed by atoms with Gasteiger partial charge in [-0.15, -0.1) is 0 Å². The van der Waals surface area contributed by atoms with Gasteiger partial charge in [0.1, 0.15) is 11.9 Å². The zero-order valence-corrected chi connectivity index (χ0v) is 22.2. The van der Waals surface area contributed by atoms with Crippen LogP contribution in [0.15, 0.2) is 91.0 Å². The van der Waals surface area contributed by atoms with Crippen LogP contribution in [0.5, 0.6) is 0 Å². The summed E-state index contributed by atoms with van der Waals surface area (Å²) in [6.45, 7) is 9.49. The lowest BCUT2D eigenvalue weighted by Gasteiger charge is -2.37. The molecule has 0 aromatic heterocycles. The van der Waals surface area contributed by atoms with E-state index in [-0.39, 0.29) is 31.3 Å². The minimum absolute atomic E-state index is 0.136. The maximum Gasteiger partial charge on any atom is 0.356 e. The normalized spacial score (nSPS) is 13.3. The molecule has 3 aromatic carbocycles. The van der Waals surface area contributed by atoms with Crippen molar-refractivity contribution in [1.29, 1.82) is 0 Å². The third-order valence-corrected chi connectivity index (χ3v) is 7.29. The van der Waals surface area contributed by atoms with Crippen molar-refractivity contribution in [2.45, 2.75) is 58.5 Å². The van der Waals surface area contributed by atoms with Crippen molar-refractivity contribution in [3.8, 4) is 0 Å². The van der Waals surface area contributed by atoms with Crippen LogP contribution in [0.4, 0.5) is 0 Å². The highest BCUT2D eigenvalue weighted by atomic mass is 31.2. The Morgan fingerprint density at radius 3 is 1.37 bits per heavy atom. The maximum atomic E-state index is 13.2. The molecule has 1 unspecified atom stereocenters. The van der Waals surface area contributed by atoms with Crippen LogP contribution >= 0.6 is 7.60 Å². The first kappa shape index (κ1) is 27.3. The van der Waals surface area contributed by atoms with Gasteiger partial charge in [0.15, 0.2) is 0 Å². The Kier molecular flexibility index (Phi) is 9.85. The SMILES string of the molecule is CC(C)OP(=O)(COC(C)COC(c1ccccc1)(c1ccccc1)c1ccccc1)OC(C)C. The third-order valence-electron chi connectivity index (χ3n) is 5.34. The van der Waals surface area contributed by atoms with Crippen molar-refractivity contribution in [3.63, 3.8) is 0 Å². The van der Waals surface area contributed by atoms with E-state index in [1.807, 2.05) is 89.2 Å². The van der Waals surface area contributed by atoms with Crippen molar-refractivity contribution >= 4 is 7.60 Å². The standard InChI is InChI=1S/C29H37O5P/c1-23(2)33-35(30,34-24(3)4)22-31-25(5)21-32-29(26-15-9-6-10-16-26,27-17-11-7-12-18-27)28-19-13-8-14-20-28/h6-20,23-25H,21-22H2,1-5H3. The summed E-state index contributed by atoms with van der Waals surface area (Å²) in [5, 5.41) is 0. The first-order chi connectivity index (χ1) is 16.7. The lowest BCUT2D eigenvalue weighted by Crippen LogP contribution is -2.35. The van der Waals surface area contributed by atoms with Gasteiger partial charge in [-0.25, -0.2) is 0 Å². The second kappa shape index (κ2) is 12.6. The summed E-state index contributed by atoms with van der Waals surface area (Å²) in [5.41, 5.74) is 2.21. The first-order valence-corrected chi connectivity index (χ1v) is 13.9. The summed E-state index contributed by atoms with van der Waals surface area (Å²) in [7, 11) is -3.40. The molecule has 0 bridgehead atoms. The van der Waals surface area contributed by atoms with Crippen LogP contribution in [-0.2, 0) is 28.7 Å². The quantitative estimate of drug-likeness (QED) is 0.182. The summed E-state index contributed by atoms with van der Waals surface area (Å²) in [4.78, 5) is 0. The maximum absolute atomic E-state index is 13.2. The van der Waals surface area contributed by atoms with Gasteiger partial charge < -0.3 is 18.5 Å². The van der Waals surface area contributed by atoms with Crippen molar-refractivity contribution in [3.05, 3.63) is 108 Å². The van der Waals surface area contributed by atoms with Crippen LogP contribution in [0.2, 0.25) is 0 Å². The Bertz CT molecular complexity index is 944. The highest BCUT2D eigenvalue weighted by Crippen LogP contribution is 2.50. The second-order valence-electron chi connectivity index (χ2n) is 9.12. The average Bonchev–Trinajstić information content (AvgIpc) is 2.84. The highest BCUT2D eigenvalue weighted by molar-refractivity contribution is 7.53. The lowest BCUT2D eigenvalue weighted by molar-refractivity contribution is -0.0531. The topological polar surface area (TPSA) is 54.0 Å². The fourth-order valence-electron chi connectivity index (χ4n) is 4.01. The van der Waals surface area contributed by atoms with Gasteiger partial charge in [0.05, 0.1) is 24.9 Å². The van der Waals surface area contributed by atoms with Crippen LogP contribution in [0.3, 0.4) is 0 Å². The third kappa shape index (κ3) is 7.36. The van der Waals surface area contributed by atoms with E-state index in [9.17, 15) is 4.57 Å². The van der Waals surface area contributed by atoms with Crippen molar-refractivity contribution in [2.24, 2.45) is 0 Å². The Morgan fingerprint density at radius 1 is 0.657 bits per heavy atom. The summed E-state index contributed by atoms with van der Waals surface area (Å²) in [5.74, 6) is 0. The van der Waals surface area contributed by atoms with Gasteiger partial charge in [0.2, 0.25) is 0 Å². The Morgan fingerprint density at radius 2 is 1.03 bits per heavy atom. The predicted molar refractivity (Wildman–Crippen MR) is 141 cm³/mol. The summed E-state index contributed by atoms with van der Waals surface area (Å²) in [6.07, 6.45) is -0.971. The van der Waals surface area contributed by atoms with Crippen LogP contribution in [0.1, 0.15) is 51.3 Å². The zero-order valence-electron chi connectivity index (χ0n) is 21.3. The van der Waals surface area contributed by atoms with Gasteiger partial charge in [-0.1, -0.05) is 91.0 Å². The molecule has 35 heavy (non-hydrogen) atoms. The molecule has 0 aliphatic rings. The predicted octanol–water partition coefficient (Wildman–Crippen LogP) is 7.40. The van der Waals surface area contributed by atoms with Gasteiger partial charge in [-0.3, -0.25) is 4.57 Å². The number of hydrogen-bond donors (Lipinski definition) is 0. The van der Waals surface area contributed by atoms with E-state index in [1.54, 1.807) is 0 Å². The number of hydrogen-bond acceptors (Lipinski definition) is 5. The van der Waals surface area contributed by atoms with Crippen LogP contribution in [-0.4, -0.2) is 31.3 Å². The molecule has 0 amide bonds. The Balaban J connectivity index is 1.88. The summed E-state index contributed by atoms with van der Waals surface area (Å²) >= 11 is 0. The second-order valence-corrected chi connectivity index (χ2v) is 11.0. The summed E-state index contributed by atoms with van der Waals surface area (Å²) in [6, 6.07) is 30.5.